The van der Waals surface area contributed by atoms with Crippen molar-refractivity contribution in [3.05, 3.63) is 54.0 Å². The molecule has 2 aromatic heterocycles. The van der Waals surface area contributed by atoms with Crippen LogP contribution in [-0.4, -0.2) is 38.6 Å². The summed E-state index contributed by atoms with van der Waals surface area (Å²) in [5.41, 5.74) is 2.79. The molecule has 0 atom stereocenters. The number of hydrogen-bond acceptors (Lipinski definition) is 5. The Kier molecular flexibility index (Phi) is 5.15. The van der Waals surface area contributed by atoms with Crippen molar-refractivity contribution < 1.29 is 17.9 Å². The van der Waals surface area contributed by atoms with E-state index in [-0.39, 0.29) is 17.2 Å². The number of hydrogen-bond donors (Lipinski definition) is 1. The van der Waals surface area contributed by atoms with Crippen LogP contribution in [0.15, 0.2) is 47.6 Å². The van der Waals surface area contributed by atoms with Gasteiger partial charge in [0, 0.05) is 31.4 Å². The number of nitrogens with one attached hydrogen (secondary N) is 1. The molecule has 3 rings (SSSR count). The average molecular weight is 375 g/mol. The SMILES string of the molecule is COc1ccc(OC)c(S(=O)(=O)NCCc2cn3ccc(C)cc3n2)c1. The van der Waals surface area contributed by atoms with Crippen LogP contribution < -0.4 is 14.2 Å². The molecule has 0 aliphatic rings. The topological polar surface area (TPSA) is 81.9 Å². The van der Waals surface area contributed by atoms with Crippen molar-refractivity contribution >= 4 is 15.7 Å². The molecule has 0 aliphatic heterocycles. The van der Waals surface area contributed by atoms with Crippen molar-refractivity contribution in [1.29, 1.82) is 0 Å². The summed E-state index contributed by atoms with van der Waals surface area (Å²) in [6.45, 7) is 2.23. The number of ether oxygens (including phenoxy) is 2. The lowest BCUT2D eigenvalue weighted by Gasteiger charge is -2.11. The summed E-state index contributed by atoms with van der Waals surface area (Å²) >= 11 is 0. The maximum absolute atomic E-state index is 12.6. The first kappa shape index (κ1) is 18.2. The van der Waals surface area contributed by atoms with E-state index < -0.39 is 10.0 Å². The van der Waals surface area contributed by atoms with E-state index in [1.165, 1.54) is 20.3 Å². The molecule has 26 heavy (non-hydrogen) atoms. The van der Waals surface area contributed by atoms with Gasteiger partial charge >= 0.3 is 0 Å². The molecule has 2 heterocycles. The molecule has 0 spiro atoms. The summed E-state index contributed by atoms with van der Waals surface area (Å²) in [7, 11) is -0.819. The fraction of sp³-hybridized carbons (Fsp3) is 0.278. The Labute approximate surface area is 152 Å². The van der Waals surface area contributed by atoms with Crippen LogP contribution >= 0.6 is 0 Å². The van der Waals surface area contributed by atoms with E-state index in [1.807, 2.05) is 35.9 Å². The van der Waals surface area contributed by atoms with Crippen molar-refractivity contribution in [2.45, 2.75) is 18.2 Å². The standard InChI is InChI=1S/C18H21N3O4S/c1-13-7-9-21-12-14(20-18(21)10-13)6-8-19-26(22,23)17-11-15(24-2)4-5-16(17)25-3/h4-5,7,9-12,19H,6,8H2,1-3H3. The Bertz CT molecular complexity index is 1030. The second-order valence-electron chi connectivity index (χ2n) is 5.87. The monoisotopic (exact) mass is 375 g/mol. The van der Waals surface area contributed by atoms with E-state index in [9.17, 15) is 8.42 Å². The Morgan fingerprint density at radius 2 is 1.96 bits per heavy atom. The number of imidazole rings is 1. The summed E-state index contributed by atoms with van der Waals surface area (Å²) in [5, 5.41) is 0. The summed E-state index contributed by atoms with van der Waals surface area (Å²) in [4.78, 5) is 4.56. The molecule has 0 fully saturated rings. The van der Waals surface area contributed by atoms with Crippen LogP contribution in [0.25, 0.3) is 5.65 Å². The molecule has 0 unspecified atom stereocenters. The van der Waals surface area contributed by atoms with E-state index in [1.54, 1.807) is 12.1 Å². The minimum atomic E-state index is -3.73. The minimum Gasteiger partial charge on any atom is -0.497 e. The van der Waals surface area contributed by atoms with Crippen LogP contribution in [0.3, 0.4) is 0 Å². The predicted octanol–water partition coefficient (Wildman–Crippen LogP) is 2.18. The van der Waals surface area contributed by atoms with Crippen molar-refractivity contribution in [3.63, 3.8) is 0 Å². The Morgan fingerprint density at radius 3 is 2.69 bits per heavy atom. The highest BCUT2D eigenvalue weighted by molar-refractivity contribution is 7.89. The molecule has 0 saturated carbocycles. The van der Waals surface area contributed by atoms with Gasteiger partial charge in [-0.05, 0) is 36.8 Å². The zero-order valence-corrected chi connectivity index (χ0v) is 15.7. The van der Waals surface area contributed by atoms with Gasteiger partial charge in [-0.3, -0.25) is 0 Å². The van der Waals surface area contributed by atoms with Gasteiger partial charge in [0.05, 0.1) is 19.9 Å². The zero-order chi connectivity index (χ0) is 18.7. The quantitative estimate of drug-likeness (QED) is 0.684. The number of aromatic nitrogens is 2. The van der Waals surface area contributed by atoms with Crippen molar-refractivity contribution in [2.24, 2.45) is 0 Å². The van der Waals surface area contributed by atoms with Gasteiger partial charge in [-0.1, -0.05) is 0 Å². The smallest absolute Gasteiger partial charge is 0.244 e. The van der Waals surface area contributed by atoms with Crippen LogP contribution in [0.4, 0.5) is 0 Å². The van der Waals surface area contributed by atoms with E-state index in [4.69, 9.17) is 9.47 Å². The van der Waals surface area contributed by atoms with Crippen molar-refractivity contribution in [1.82, 2.24) is 14.1 Å². The molecule has 8 heteroatoms. The molecular weight excluding hydrogens is 354 g/mol. The number of nitrogens with zero attached hydrogens (tertiary/aromatic N) is 2. The second-order valence-corrected chi connectivity index (χ2v) is 7.60. The maximum Gasteiger partial charge on any atom is 0.244 e. The Morgan fingerprint density at radius 1 is 1.15 bits per heavy atom. The summed E-state index contributed by atoms with van der Waals surface area (Å²) in [6.07, 6.45) is 4.31. The first-order valence-electron chi connectivity index (χ1n) is 8.09. The number of sulfonamides is 1. The first-order chi connectivity index (χ1) is 12.4. The molecule has 0 saturated heterocycles. The van der Waals surface area contributed by atoms with Crippen LogP contribution in [0.2, 0.25) is 0 Å². The first-order valence-corrected chi connectivity index (χ1v) is 9.57. The van der Waals surface area contributed by atoms with E-state index in [0.717, 1.165) is 16.9 Å². The molecule has 138 valence electrons. The maximum atomic E-state index is 12.6. The van der Waals surface area contributed by atoms with Gasteiger partial charge in [0.2, 0.25) is 10.0 Å². The molecule has 0 amide bonds. The summed E-state index contributed by atoms with van der Waals surface area (Å²) in [6, 6.07) is 8.63. The van der Waals surface area contributed by atoms with Gasteiger partial charge in [0.1, 0.15) is 22.0 Å². The molecule has 1 N–H and O–H groups in total. The molecule has 7 nitrogen and oxygen atoms in total. The average Bonchev–Trinajstić information content (AvgIpc) is 3.02. The normalized spacial score (nSPS) is 11.7. The van der Waals surface area contributed by atoms with Gasteiger partial charge < -0.3 is 13.9 Å². The fourth-order valence-corrected chi connectivity index (χ4v) is 3.86. The lowest BCUT2D eigenvalue weighted by Crippen LogP contribution is -2.26. The van der Waals surface area contributed by atoms with Crippen molar-refractivity contribution in [2.75, 3.05) is 20.8 Å². The fourth-order valence-electron chi connectivity index (χ4n) is 2.64. The molecule has 1 aromatic carbocycles. The Balaban J connectivity index is 1.73. The van der Waals surface area contributed by atoms with Crippen LogP contribution in [0.1, 0.15) is 11.3 Å². The van der Waals surface area contributed by atoms with E-state index in [0.29, 0.717) is 12.2 Å². The third-order valence-electron chi connectivity index (χ3n) is 4.00. The van der Waals surface area contributed by atoms with Crippen LogP contribution in [0, 0.1) is 6.92 Å². The number of rotatable bonds is 7. The minimum absolute atomic E-state index is 0.0463. The Hall–Kier alpha value is -2.58. The summed E-state index contributed by atoms with van der Waals surface area (Å²) in [5.74, 6) is 0.711. The van der Waals surface area contributed by atoms with Crippen molar-refractivity contribution in [3.8, 4) is 11.5 Å². The zero-order valence-electron chi connectivity index (χ0n) is 14.9. The van der Waals surface area contributed by atoms with E-state index >= 15 is 0 Å². The third-order valence-corrected chi connectivity index (χ3v) is 5.48. The van der Waals surface area contributed by atoms with Crippen LogP contribution in [0.5, 0.6) is 11.5 Å². The molecule has 0 aliphatic carbocycles. The number of pyridine rings is 1. The van der Waals surface area contributed by atoms with Gasteiger partial charge in [-0.15, -0.1) is 0 Å². The summed E-state index contributed by atoms with van der Waals surface area (Å²) < 4.78 is 40.0. The number of benzene rings is 1. The molecular formula is C18H21N3O4S. The van der Waals surface area contributed by atoms with Crippen LogP contribution in [-0.2, 0) is 16.4 Å². The highest BCUT2D eigenvalue weighted by atomic mass is 32.2. The lowest BCUT2D eigenvalue weighted by atomic mass is 10.3. The molecule has 3 aromatic rings. The largest absolute Gasteiger partial charge is 0.497 e. The number of aryl methyl sites for hydroxylation is 1. The highest BCUT2D eigenvalue weighted by Gasteiger charge is 2.20. The lowest BCUT2D eigenvalue weighted by molar-refractivity contribution is 0.392. The molecule has 0 bridgehead atoms. The predicted molar refractivity (Wildman–Crippen MR) is 98.4 cm³/mol. The van der Waals surface area contributed by atoms with Gasteiger partial charge in [-0.25, -0.2) is 18.1 Å². The number of methoxy groups -OCH3 is 2. The highest BCUT2D eigenvalue weighted by Crippen LogP contribution is 2.27. The van der Waals surface area contributed by atoms with Gasteiger partial charge in [0.25, 0.3) is 0 Å². The van der Waals surface area contributed by atoms with Gasteiger partial charge in [0.15, 0.2) is 0 Å². The molecule has 0 radical (unpaired) electrons. The third kappa shape index (κ3) is 3.81. The van der Waals surface area contributed by atoms with E-state index in [2.05, 4.69) is 9.71 Å². The van der Waals surface area contributed by atoms with Gasteiger partial charge in [-0.2, -0.15) is 0 Å². The second kappa shape index (κ2) is 7.35. The number of fused-ring (bicyclic) bond motifs is 1.